The van der Waals surface area contributed by atoms with Crippen LogP contribution < -0.4 is 0 Å². The fourth-order valence-corrected chi connectivity index (χ4v) is 3.13. The van der Waals surface area contributed by atoms with Crippen LogP contribution in [0.2, 0.25) is 0 Å². The summed E-state index contributed by atoms with van der Waals surface area (Å²) in [6.45, 7) is -3.32. The van der Waals surface area contributed by atoms with Crippen LogP contribution in [-0.4, -0.2) is 31.4 Å². The van der Waals surface area contributed by atoms with Crippen LogP contribution >= 0.6 is 0 Å². The Kier molecular flexibility index (Phi) is 3.01. The van der Waals surface area contributed by atoms with Crippen molar-refractivity contribution in [3.8, 4) is 0 Å². The van der Waals surface area contributed by atoms with Gasteiger partial charge in [0.15, 0.2) is 0 Å². The Morgan fingerprint density at radius 3 is 1.93 bits per heavy atom. The minimum atomic E-state index is -4.63. The van der Waals surface area contributed by atoms with Crippen molar-refractivity contribution in [3.05, 3.63) is 0 Å². The second-order valence-corrected chi connectivity index (χ2v) is 5.22. The zero-order valence-electron chi connectivity index (χ0n) is 9.02. The zero-order valence-corrected chi connectivity index (χ0v) is 9.02. The molecule has 0 unspecified atom stereocenters. The largest absolute Gasteiger partial charge is 0.492 e. The van der Waals surface area contributed by atoms with E-state index in [1.165, 1.54) is 25.7 Å². The van der Waals surface area contributed by atoms with E-state index < -0.39 is 13.4 Å². The fraction of sp³-hybridized carbons (Fsp3) is 1.00. The summed E-state index contributed by atoms with van der Waals surface area (Å²) < 4.78 is 36.7. The van der Waals surface area contributed by atoms with Gasteiger partial charge in [-0.25, -0.2) is 0 Å². The average molecular weight is 220 g/mol. The highest BCUT2D eigenvalue weighted by Gasteiger charge is 2.38. The van der Waals surface area contributed by atoms with Crippen LogP contribution in [0.3, 0.4) is 0 Å². The average Bonchev–Trinajstić information content (AvgIpc) is 2.56. The van der Waals surface area contributed by atoms with Gasteiger partial charge in [0.2, 0.25) is 0 Å². The molecule has 0 aromatic carbocycles. The molecule has 2 fully saturated rings. The first-order valence-corrected chi connectivity index (χ1v) is 5.93. The molecule has 1 aliphatic carbocycles. The van der Waals surface area contributed by atoms with Gasteiger partial charge in [0.25, 0.3) is 0 Å². The molecule has 0 aromatic heterocycles. The van der Waals surface area contributed by atoms with Gasteiger partial charge in [-0.15, -0.1) is 0 Å². The number of hydrogen-bond acceptors (Lipinski definition) is 1. The van der Waals surface area contributed by atoms with Gasteiger partial charge in [-0.3, -0.25) is 0 Å². The summed E-state index contributed by atoms with van der Waals surface area (Å²) in [4.78, 5) is 1.59. The molecule has 0 N–H and O–H groups in total. The Hall–Kier alpha value is -0.185. The molecule has 2 aliphatic rings. The molecule has 1 nitrogen and oxygen atoms in total. The molecule has 2 rings (SSSR count). The second-order valence-electron chi connectivity index (χ2n) is 5.22. The molecule has 0 aromatic rings. The first kappa shape index (κ1) is 11.3. The standard InChI is InChI=1S/C10H18BF3N/c12-11(13,14)9-15-7-5-10(6-8-15)3-1-2-4-10/h1-9H2/q-1. The van der Waals surface area contributed by atoms with E-state index >= 15 is 0 Å². The molecule has 0 amide bonds. The topological polar surface area (TPSA) is 3.24 Å². The number of likely N-dealkylation sites (tertiary alicyclic amines) is 1. The summed E-state index contributed by atoms with van der Waals surface area (Å²) in [5, 5.41) is 0. The summed E-state index contributed by atoms with van der Waals surface area (Å²) in [6, 6.07) is 0. The van der Waals surface area contributed by atoms with Crippen LogP contribution in [0, 0.1) is 5.41 Å². The molecule has 1 saturated heterocycles. The lowest BCUT2D eigenvalue weighted by molar-refractivity contribution is 0.114. The SMILES string of the molecule is F[B-](F)(F)CN1CCC2(CCCC2)CC1. The Balaban J connectivity index is 1.81. The molecule has 1 saturated carbocycles. The van der Waals surface area contributed by atoms with E-state index in [0.29, 0.717) is 18.5 Å². The Morgan fingerprint density at radius 2 is 1.47 bits per heavy atom. The maximum atomic E-state index is 12.2. The molecular weight excluding hydrogens is 202 g/mol. The Bertz CT molecular complexity index is 213. The van der Waals surface area contributed by atoms with E-state index in [-0.39, 0.29) is 0 Å². The van der Waals surface area contributed by atoms with Crippen LogP contribution in [0.25, 0.3) is 0 Å². The highest BCUT2D eigenvalue weighted by molar-refractivity contribution is 6.58. The van der Waals surface area contributed by atoms with Crippen LogP contribution in [0.5, 0.6) is 0 Å². The molecule has 1 spiro atoms. The van der Waals surface area contributed by atoms with E-state index in [4.69, 9.17) is 0 Å². The number of rotatable bonds is 2. The molecule has 0 radical (unpaired) electrons. The summed E-state index contributed by atoms with van der Waals surface area (Å²) in [5.41, 5.74) is 0.426. The minimum Gasteiger partial charge on any atom is -0.448 e. The van der Waals surface area contributed by atoms with E-state index in [9.17, 15) is 12.9 Å². The monoisotopic (exact) mass is 220 g/mol. The van der Waals surface area contributed by atoms with Gasteiger partial charge < -0.3 is 17.8 Å². The van der Waals surface area contributed by atoms with Gasteiger partial charge in [-0.05, 0) is 50.6 Å². The van der Waals surface area contributed by atoms with Crippen LogP contribution in [0.15, 0.2) is 0 Å². The third kappa shape index (κ3) is 2.89. The lowest BCUT2D eigenvalue weighted by Crippen LogP contribution is -2.45. The molecule has 15 heavy (non-hydrogen) atoms. The second kappa shape index (κ2) is 4.00. The van der Waals surface area contributed by atoms with Crippen molar-refractivity contribution in [2.24, 2.45) is 5.41 Å². The Labute approximate surface area is 89.1 Å². The third-order valence-corrected chi connectivity index (χ3v) is 4.05. The van der Waals surface area contributed by atoms with Crippen molar-refractivity contribution in [2.75, 3.05) is 19.5 Å². The quantitative estimate of drug-likeness (QED) is 0.646. The summed E-state index contributed by atoms with van der Waals surface area (Å²) in [6.07, 6.45) is 6.37. The molecular formula is C10H18BF3N-. The maximum absolute atomic E-state index is 12.2. The van der Waals surface area contributed by atoms with Crippen molar-refractivity contribution >= 4 is 6.98 Å². The van der Waals surface area contributed by atoms with Crippen molar-refractivity contribution in [2.45, 2.75) is 38.5 Å². The maximum Gasteiger partial charge on any atom is 0.492 e. The van der Waals surface area contributed by atoms with E-state index in [1.807, 2.05) is 0 Å². The number of piperidine rings is 1. The molecule has 5 heteroatoms. The van der Waals surface area contributed by atoms with Crippen LogP contribution in [0.1, 0.15) is 38.5 Å². The van der Waals surface area contributed by atoms with Crippen LogP contribution in [-0.2, 0) is 0 Å². The van der Waals surface area contributed by atoms with Crippen LogP contribution in [0.4, 0.5) is 12.9 Å². The highest BCUT2D eigenvalue weighted by atomic mass is 19.4. The summed E-state index contributed by atoms with van der Waals surface area (Å²) >= 11 is 0. The van der Waals surface area contributed by atoms with Gasteiger partial charge in [0.1, 0.15) is 0 Å². The predicted molar refractivity (Wildman–Crippen MR) is 55.7 cm³/mol. The first-order valence-electron chi connectivity index (χ1n) is 5.93. The van der Waals surface area contributed by atoms with Crippen molar-refractivity contribution in [1.29, 1.82) is 0 Å². The molecule has 1 aliphatic heterocycles. The minimum absolute atomic E-state index is 0.426. The van der Waals surface area contributed by atoms with Crippen molar-refractivity contribution < 1.29 is 12.9 Å². The molecule has 88 valence electrons. The van der Waals surface area contributed by atoms with E-state index in [0.717, 1.165) is 12.8 Å². The lowest BCUT2D eigenvalue weighted by Gasteiger charge is -2.41. The van der Waals surface area contributed by atoms with E-state index in [2.05, 4.69) is 0 Å². The third-order valence-electron chi connectivity index (χ3n) is 4.05. The highest BCUT2D eigenvalue weighted by Crippen LogP contribution is 2.46. The zero-order chi connectivity index (χ0) is 10.9. The first-order chi connectivity index (χ1) is 6.99. The summed E-state index contributed by atoms with van der Waals surface area (Å²) in [7, 11) is 0. The fourth-order valence-electron chi connectivity index (χ4n) is 3.13. The molecule has 0 atom stereocenters. The van der Waals surface area contributed by atoms with Gasteiger partial charge in [0, 0.05) is 0 Å². The number of hydrogen-bond donors (Lipinski definition) is 0. The van der Waals surface area contributed by atoms with E-state index in [1.54, 1.807) is 4.90 Å². The van der Waals surface area contributed by atoms with Crippen molar-refractivity contribution in [1.82, 2.24) is 4.90 Å². The smallest absolute Gasteiger partial charge is 0.448 e. The van der Waals surface area contributed by atoms with Gasteiger partial charge >= 0.3 is 6.98 Å². The van der Waals surface area contributed by atoms with Gasteiger partial charge in [0.05, 0.1) is 0 Å². The molecule has 0 bridgehead atoms. The summed E-state index contributed by atoms with van der Waals surface area (Å²) in [5.74, 6) is 0. The van der Waals surface area contributed by atoms with Crippen molar-refractivity contribution in [3.63, 3.8) is 0 Å². The number of halogens is 3. The molecule has 1 heterocycles. The predicted octanol–water partition coefficient (Wildman–Crippen LogP) is 3.03. The van der Waals surface area contributed by atoms with Gasteiger partial charge in [-0.2, -0.15) is 0 Å². The van der Waals surface area contributed by atoms with Gasteiger partial charge in [-0.1, -0.05) is 12.8 Å². The number of nitrogens with zero attached hydrogens (tertiary/aromatic N) is 1. The normalized spacial score (nSPS) is 27.4. The Morgan fingerprint density at radius 1 is 0.933 bits per heavy atom. The lowest BCUT2D eigenvalue weighted by atomic mass is 9.76.